The van der Waals surface area contributed by atoms with Crippen LogP contribution in [0.25, 0.3) is 0 Å². The van der Waals surface area contributed by atoms with Gasteiger partial charge in [-0.3, -0.25) is 0 Å². The van der Waals surface area contributed by atoms with E-state index in [9.17, 15) is 0 Å². The quantitative estimate of drug-likeness (QED) is 0.716. The number of rotatable bonds is 6. The summed E-state index contributed by atoms with van der Waals surface area (Å²) >= 11 is 9.60. The first-order valence-corrected chi connectivity index (χ1v) is 9.42. The maximum atomic E-state index is 6.10. The van der Waals surface area contributed by atoms with Gasteiger partial charge in [0.1, 0.15) is 0 Å². The monoisotopic (exact) mass is 325 g/mol. The normalized spacial score (nSPS) is 17.6. The second kappa shape index (κ2) is 7.08. The van der Waals surface area contributed by atoms with Crippen LogP contribution in [-0.2, 0) is 0 Å². The van der Waals surface area contributed by atoms with Crippen molar-refractivity contribution in [3.05, 3.63) is 43.7 Å². The molecule has 0 saturated heterocycles. The first-order valence-electron chi connectivity index (χ1n) is 7.35. The van der Waals surface area contributed by atoms with E-state index in [0.29, 0.717) is 6.04 Å². The Morgan fingerprint density at radius 1 is 1.20 bits per heavy atom. The average Bonchev–Trinajstić information content (AvgIpc) is 3.17. The molecular formula is C16H20ClNS2. The lowest BCUT2D eigenvalue weighted by Gasteiger charge is -2.17. The van der Waals surface area contributed by atoms with Gasteiger partial charge >= 0.3 is 0 Å². The van der Waals surface area contributed by atoms with Crippen LogP contribution in [0, 0.1) is 5.92 Å². The molecule has 0 spiro atoms. The molecule has 0 bridgehead atoms. The van der Waals surface area contributed by atoms with Crippen LogP contribution >= 0.6 is 34.3 Å². The number of hydrogen-bond donors (Lipinski definition) is 1. The van der Waals surface area contributed by atoms with Gasteiger partial charge in [-0.25, -0.2) is 0 Å². The number of hydrogen-bond acceptors (Lipinski definition) is 3. The van der Waals surface area contributed by atoms with Crippen molar-refractivity contribution in [2.75, 3.05) is 6.54 Å². The lowest BCUT2D eigenvalue weighted by atomic mass is 10.0. The Kier molecular flexibility index (Phi) is 5.16. The van der Waals surface area contributed by atoms with Crippen LogP contribution in [0.4, 0.5) is 0 Å². The molecule has 1 N–H and O–H groups in total. The molecular weight excluding hydrogens is 306 g/mol. The maximum Gasteiger partial charge on any atom is 0.0931 e. The molecule has 1 unspecified atom stereocenters. The summed E-state index contributed by atoms with van der Waals surface area (Å²) in [7, 11) is 0. The predicted molar refractivity (Wildman–Crippen MR) is 90.1 cm³/mol. The summed E-state index contributed by atoms with van der Waals surface area (Å²) < 4.78 is 0.874. The van der Waals surface area contributed by atoms with Crippen LogP contribution in [0.3, 0.4) is 0 Å². The summed E-state index contributed by atoms with van der Waals surface area (Å²) in [5.41, 5.74) is 0. The molecule has 1 nitrogen and oxygen atoms in total. The summed E-state index contributed by atoms with van der Waals surface area (Å²) in [6, 6.07) is 8.81. The highest BCUT2D eigenvalue weighted by Crippen LogP contribution is 2.33. The standard InChI is InChI=1S/C16H20ClNS2/c17-15-8-7-14(20-15)16(13-6-3-11-19-13)18-10-9-12-4-1-2-5-12/h3,6-8,11-12,16,18H,1-2,4-5,9-10H2. The minimum atomic E-state index is 0.314. The fourth-order valence-corrected chi connectivity index (χ4v) is 5.06. The van der Waals surface area contributed by atoms with E-state index in [-0.39, 0.29) is 0 Å². The Bertz CT molecular complexity index is 514. The molecule has 1 saturated carbocycles. The molecule has 4 heteroatoms. The van der Waals surface area contributed by atoms with E-state index in [1.54, 1.807) is 11.3 Å². The third kappa shape index (κ3) is 3.64. The Hall–Kier alpha value is -0.350. The highest BCUT2D eigenvalue weighted by Gasteiger charge is 2.19. The van der Waals surface area contributed by atoms with Crippen molar-refractivity contribution in [3.8, 4) is 0 Å². The highest BCUT2D eigenvalue weighted by molar-refractivity contribution is 7.16. The second-order valence-electron chi connectivity index (χ2n) is 5.48. The Morgan fingerprint density at radius 2 is 2.05 bits per heavy atom. The van der Waals surface area contributed by atoms with Gasteiger partial charge < -0.3 is 5.32 Å². The Balaban J connectivity index is 1.63. The molecule has 0 amide bonds. The van der Waals surface area contributed by atoms with E-state index in [1.807, 2.05) is 17.4 Å². The van der Waals surface area contributed by atoms with Gasteiger partial charge in [-0.2, -0.15) is 0 Å². The summed E-state index contributed by atoms with van der Waals surface area (Å²) in [5, 5.41) is 5.89. The van der Waals surface area contributed by atoms with E-state index in [4.69, 9.17) is 11.6 Å². The number of nitrogens with one attached hydrogen (secondary N) is 1. The first-order chi connectivity index (χ1) is 9.83. The van der Waals surface area contributed by atoms with Gasteiger partial charge in [-0.05, 0) is 42.5 Å². The molecule has 0 aromatic carbocycles. The second-order valence-corrected chi connectivity index (χ2v) is 8.21. The molecule has 1 atom stereocenters. The zero-order valence-electron chi connectivity index (χ0n) is 11.5. The van der Waals surface area contributed by atoms with Crippen LogP contribution in [0.1, 0.15) is 47.9 Å². The fraction of sp³-hybridized carbons (Fsp3) is 0.500. The molecule has 2 aromatic rings. The van der Waals surface area contributed by atoms with Gasteiger partial charge in [0.25, 0.3) is 0 Å². The molecule has 1 fully saturated rings. The van der Waals surface area contributed by atoms with Gasteiger partial charge in [0.2, 0.25) is 0 Å². The third-order valence-corrected chi connectivity index (χ3v) is 6.32. The highest BCUT2D eigenvalue weighted by atomic mass is 35.5. The van der Waals surface area contributed by atoms with Crippen LogP contribution in [0.5, 0.6) is 0 Å². The van der Waals surface area contributed by atoms with Crippen LogP contribution in [0.15, 0.2) is 29.6 Å². The lowest BCUT2D eigenvalue weighted by Crippen LogP contribution is -2.23. The lowest BCUT2D eigenvalue weighted by molar-refractivity contribution is 0.465. The minimum Gasteiger partial charge on any atom is -0.305 e. The largest absolute Gasteiger partial charge is 0.305 e. The van der Waals surface area contributed by atoms with Crippen LogP contribution in [0.2, 0.25) is 4.34 Å². The van der Waals surface area contributed by atoms with Gasteiger partial charge in [-0.15, -0.1) is 22.7 Å². The molecule has 1 aliphatic rings. The molecule has 1 aliphatic carbocycles. The van der Waals surface area contributed by atoms with Crippen LogP contribution < -0.4 is 5.32 Å². The average molecular weight is 326 g/mol. The number of halogens is 1. The topological polar surface area (TPSA) is 12.0 Å². The smallest absolute Gasteiger partial charge is 0.0931 e. The Labute approximate surface area is 134 Å². The van der Waals surface area contributed by atoms with E-state index in [2.05, 4.69) is 28.9 Å². The minimum absolute atomic E-state index is 0.314. The Morgan fingerprint density at radius 3 is 2.70 bits per heavy atom. The first kappa shape index (κ1) is 14.6. The predicted octanol–water partition coefficient (Wildman–Crippen LogP) is 5.72. The van der Waals surface area contributed by atoms with Gasteiger partial charge in [0.15, 0.2) is 0 Å². The molecule has 108 valence electrons. The summed E-state index contributed by atoms with van der Waals surface area (Å²) in [4.78, 5) is 2.71. The van der Waals surface area contributed by atoms with Crippen molar-refractivity contribution >= 4 is 34.3 Å². The zero-order valence-corrected chi connectivity index (χ0v) is 13.9. The molecule has 2 aromatic heterocycles. The summed E-state index contributed by atoms with van der Waals surface area (Å²) in [5.74, 6) is 0.943. The van der Waals surface area contributed by atoms with Crippen molar-refractivity contribution in [2.24, 2.45) is 5.92 Å². The van der Waals surface area contributed by atoms with Gasteiger partial charge in [0.05, 0.1) is 10.4 Å². The molecule has 0 radical (unpaired) electrons. The molecule has 3 rings (SSSR count). The SMILES string of the molecule is Clc1ccc(C(NCCC2CCCC2)c2cccs2)s1. The van der Waals surface area contributed by atoms with E-state index in [0.717, 1.165) is 16.8 Å². The molecule has 0 aliphatic heterocycles. The van der Waals surface area contributed by atoms with Crippen molar-refractivity contribution in [3.63, 3.8) is 0 Å². The summed E-state index contributed by atoms with van der Waals surface area (Å²) in [6.07, 6.45) is 7.02. The van der Waals surface area contributed by atoms with Gasteiger partial charge in [0, 0.05) is 9.75 Å². The van der Waals surface area contributed by atoms with Gasteiger partial charge in [-0.1, -0.05) is 43.4 Å². The van der Waals surface area contributed by atoms with Crippen LogP contribution in [-0.4, -0.2) is 6.54 Å². The van der Waals surface area contributed by atoms with Crippen molar-refractivity contribution in [2.45, 2.75) is 38.1 Å². The van der Waals surface area contributed by atoms with Crippen molar-refractivity contribution in [1.29, 1.82) is 0 Å². The van der Waals surface area contributed by atoms with Crippen molar-refractivity contribution < 1.29 is 0 Å². The zero-order chi connectivity index (χ0) is 13.8. The van der Waals surface area contributed by atoms with E-state index in [1.165, 1.54) is 41.9 Å². The molecule has 20 heavy (non-hydrogen) atoms. The molecule has 2 heterocycles. The maximum absolute atomic E-state index is 6.10. The third-order valence-electron chi connectivity index (χ3n) is 4.08. The summed E-state index contributed by atoms with van der Waals surface area (Å²) in [6.45, 7) is 1.10. The fourth-order valence-electron chi connectivity index (χ4n) is 3.01. The van der Waals surface area contributed by atoms with E-state index < -0.39 is 0 Å². The van der Waals surface area contributed by atoms with Crippen molar-refractivity contribution in [1.82, 2.24) is 5.32 Å². The van der Waals surface area contributed by atoms with E-state index >= 15 is 0 Å². The number of thiophene rings is 2.